The van der Waals surface area contributed by atoms with Crippen LogP contribution in [0.4, 0.5) is 0 Å². The summed E-state index contributed by atoms with van der Waals surface area (Å²) >= 11 is 0. The van der Waals surface area contributed by atoms with Crippen LogP contribution in [-0.4, -0.2) is 14.7 Å². The number of phosphoric acid groups is 1. The van der Waals surface area contributed by atoms with Crippen LogP contribution in [0.3, 0.4) is 0 Å². The second kappa shape index (κ2) is 8.23. The molecule has 48 valence electrons. The molecule has 0 heterocycles. The van der Waals surface area contributed by atoms with Crippen molar-refractivity contribution in [2.45, 2.75) is 0 Å². The molecule has 0 aliphatic heterocycles. The standard InChI is InChI=1S/CH3.Fe.Li.H3O4P/c;;;1-5(2,3)4/h1H3;;;(H3,1,2,3,4)/q-1;;+1;. The van der Waals surface area contributed by atoms with Crippen LogP contribution in [0, 0.1) is 7.43 Å². The molecular formula is CH6FeLiO4P. The maximum Gasteiger partial charge on any atom is 1.00 e. The van der Waals surface area contributed by atoms with Crippen LogP contribution in [-0.2, 0) is 21.6 Å². The average Bonchev–Trinajstić information content (AvgIpc) is 0.722. The van der Waals surface area contributed by atoms with E-state index in [1.165, 1.54) is 0 Å². The third kappa shape index (κ3) is 186. The minimum Gasteiger partial charge on any atom is -0.358 e. The summed E-state index contributed by atoms with van der Waals surface area (Å²) in [6, 6.07) is 0. The van der Waals surface area contributed by atoms with E-state index in [1.54, 1.807) is 0 Å². The zero-order valence-corrected chi connectivity index (χ0v) is 6.55. The molecule has 0 atom stereocenters. The van der Waals surface area contributed by atoms with Gasteiger partial charge in [-0.1, -0.05) is 0 Å². The Bertz CT molecular complexity index is 62.2. The van der Waals surface area contributed by atoms with E-state index in [0.717, 1.165) is 0 Å². The van der Waals surface area contributed by atoms with E-state index in [2.05, 4.69) is 0 Å². The van der Waals surface area contributed by atoms with Crippen LogP contribution < -0.4 is 18.9 Å². The Kier molecular flexibility index (Phi) is 23.5. The molecule has 0 amide bonds. The van der Waals surface area contributed by atoms with Crippen LogP contribution in [0.5, 0.6) is 0 Å². The Morgan fingerprint density at radius 1 is 1.12 bits per heavy atom. The summed E-state index contributed by atoms with van der Waals surface area (Å²) in [7, 11) is -4.64. The van der Waals surface area contributed by atoms with Crippen LogP contribution in [0.2, 0.25) is 0 Å². The molecule has 3 N–H and O–H groups in total. The first-order valence-electron chi connectivity index (χ1n) is 0.783. The molecule has 0 rings (SSSR count). The zero-order chi connectivity index (χ0) is 4.50. The predicted octanol–water partition coefficient (Wildman–Crippen LogP) is -3.48. The van der Waals surface area contributed by atoms with Gasteiger partial charge in [-0.05, 0) is 0 Å². The van der Waals surface area contributed by atoms with Crippen molar-refractivity contribution < 1.29 is 55.2 Å². The van der Waals surface area contributed by atoms with E-state index in [0.29, 0.717) is 0 Å². The monoisotopic (exact) mass is 176 g/mol. The second-order valence-corrected chi connectivity index (χ2v) is 1.54. The molecule has 0 aliphatic rings. The van der Waals surface area contributed by atoms with Gasteiger partial charge in [-0.2, -0.15) is 0 Å². The van der Waals surface area contributed by atoms with Crippen LogP contribution in [0.15, 0.2) is 0 Å². The molecule has 0 bridgehead atoms. The molecule has 0 fully saturated rings. The first-order valence-corrected chi connectivity index (χ1v) is 2.35. The maximum absolute atomic E-state index is 8.88. The fourth-order valence-electron chi connectivity index (χ4n) is 0. The summed E-state index contributed by atoms with van der Waals surface area (Å²) in [6.07, 6.45) is 0. The molecule has 4 nitrogen and oxygen atoms in total. The van der Waals surface area contributed by atoms with E-state index in [4.69, 9.17) is 19.2 Å². The van der Waals surface area contributed by atoms with Gasteiger partial charge in [0.1, 0.15) is 0 Å². The number of hydrogen-bond acceptors (Lipinski definition) is 1. The van der Waals surface area contributed by atoms with Gasteiger partial charge in [0, 0.05) is 17.1 Å². The minimum absolute atomic E-state index is 0. The van der Waals surface area contributed by atoms with E-state index >= 15 is 0 Å². The van der Waals surface area contributed by atoms with Gasteiger partial charge >= 0.3 is 26.7 Å². The van der Waals surface area contributed by atoms with Crippen LogP contribution in [0.25, 0.3) is 0 Å². The summed E-state index contributed by atoms with van der Waals surface area (Å²) in [5.74, 6) is 0. The molecule has 0 aromatic carbocycles. The second-order valence-electron chi connectivity index (χ2n) is 0.513. The fraction of sp³-hybridized carbons (Fsp3) is 0. The molecular weight excluding hydrogens is 170 g/mol. The third-order valence-corrected chi connectivity index (χ3v) is 0. The summed E-state index contributed by atoms with van der Waals surface area (Å²) in [6.45, 7) is 0. The number of rotatable bonds is 0. The van der Waals surface area contributed by atoms with Crippen molar-refractivity contribution >= 4 is 7.82 Å². The molecule has 7 heteroatoms. The van der Waals surface area contributed by atoms with E-state index in [-0.39, 0.29) is 43.4 Å². The number of hydrogen-bond donors (Lipinski definition) is 3. The van der Waals surface area contributed by atoms with Crippen molar-refractivity contribution in [2.24, 2.45) is 0 Å². The Balaban J connectivity index is -0.0000000267. The molecule has 0 aromatic rings. The van der Waals surface area contributed by atoms with Crippen LogP contribution in [0.1, 0.15) is 0 Å². The topological polar surface area (TPSA) is 77.8 Å². The quantitative estimate of drug-likeness (QED) is 0.203. The van der Waals surface area contributed by atoms with Gasteiger partial charge in [-0.25, -0.2) is 4.57 Å². The van der Waals surface area contributed by atoms with Crippen molar-refractivity contribution in [3.63, 3.8) is 0 Å². The molecule has 0 aliphatic carbocycles. The SMILES string of the molecule is O=P(O)(O)O.[CH3-].[Fe].[Li+]. The van der Waals surface area contributed by atoms with Crippen LogP contribution >= 0.6 is 7.82 Å². The van der Waals surface area contributed by atoms with Gasteiger partial charge in [0.05, 0.1) is 0 Å². The molecule has 0 unspecified atom stereocenters. The van der Waals surface area contributed by atoms with Gasteiger partial charge in [0.25, 0.3) is 0 Å². The van der Waals surface area contributed by atoms with Gasteiger partial charge in [-0.15, -0.1) is 0 Å². The normalized spacial score (nSPS) is 7.38. The van der Waals surface area contributed by atoms with Gasteiger partial charge in [0.2, 0.25) is 0 Å². The maximum atomic E-state index is 8.88. The zero-order valence-electron chi connectivity index (χ0n) is 4.55. The van der Waals surface area contributed by atoms with Gasteiger partial charge in [-0.3, -0.25) is 0 Å². The smallest absolute Gasteiger partial charge is 0.358 e. The third-order valence-electron chi connectivity index (χ3n) is 0. The predicted molar refractivity (Wildman–Crippen MR) is 20.7 cm³/mol. The first kappa shape index (κ1) is 22.9. The van der Waals surface area contributed by atoms with Crippen molar-refractivity contribution in [3.05, 3.63) is 7.43 Å². The summed E-state index contributed by atoms with van der Waals surface area (Å²) in [4.78, 5) is 21.6. The van der Waals surface area contributed by atoms with E-state index in [1.807, 2.05) is 0 Å². The molecule has 8 heavy (non-hydrogen) atoms. The Morgan fingerprint density at radius 2 is 1.12 bits per heavy atom. The van der Waals surface area contributed by atoms with E-state index < -0.39 is 7.82 Å². The summed E-state index contributed by atoms with van der Waals surface area (Å²) in [5.41, 5.74) is 0. The molecule has 0 saturated carbocycles. The molecule has 0 radical (unpaired) electrons. The molecule has 0 spiro atoms. The Labute approximate surface area is 70.6 Å². The first-order chi connectivity index (χ1) is 2.00. The largest absolute Gasteiger partial charge is 1.00 e. The Hall–Kier alpha value is 1.23. The molecule has 0 aromatic heterocycles. The average molecular weight is 176 g/mol. The van der Waals surface area contributed by atoms with E-state index in [9.17, 15) is 0 Å². The van der Waals surface area contributed by atoms with Gasteiger partial charge in [0.15, 0.2) is 0 Å². The summed E-state index contributed by atoms with van der Waals surface area (Å²) < 4.78 is 8.88. The van der Waals surface area contributed by atoms with Crippen molar-refractivity contribution in [1.82, 2.24) is 0 Å². The Morgan fingerprint density at radius 3 is 1.12 bits per heavy atom. The fourth-order valence-corrected chi connectivity index (χ4v) is 0. The van der Waals surface area contributed by atoms with Crippen molar-refractivity contribution in [2.75, 3.05) is 0 Å². The minimum atomic E-state index is -4.64. The van der Waals surface area contributed by atoms with Gasteiger partial charge < -0.3 is 22.1 Å². The van der Waals surface area contributed by atoms with Crippen molar-refractivity contribution in [1.29, 1.82) is 0 Å². The molecule has 0 saturated heterocycles. The summed E-state index contributed by atoms with van der Waals surface area (Å²) in [5, 5.41) is 0. The van der Waals surface area contributed by atoms with Crippen molar-refractivity contribution in [3.8, 4) is 0 Å².